The van der Waals surface area contributed by atoms with Crippen molar-refractivity contribution in [1.29, 1.82) is 0 Å². The van der Waals surface area contributed by atoms with E-state index in [1.54, 1.807) is 0 Å². The normalized spacial score (nSPS) is 38.3. The summed E-state index contributed by atoms with van der Waals surface area (Å²) >= 11 is 3.96. The first-order valence-electron chi connectivity index (χ1n) is 12.7. The Hall–Kier alpha value is -2.91. The summed E-state index contributed by atoms with van der Waals surface area (Å²) in [4.78, 5) is 34.4. The van der Waals surface area contributed by atoms with Crippen LogP contribution in [-0.2, 0) is 36.7 Å². The molecule has 236 valence electrons. The number of nitrogens with zero attached hydrogens (tertiary/aromatic N) is 8. The number of rotatable bonds is 2. The lowest BCUT2D eigenvalue weighted by Gasteiger charge is -2.27. The van der Waals surface area contributed by atoms with Gasteiger partial charge in [0, 0.05) is 0 Å². The van der Waals surface area contributed by atoms with Crippen molar-refractivity contribution in [2.45, 2.75) is 49.2 Å². The lowest BCUT2D eigenvalue weighted by atomic mass is 10.1. The van der Waals surface area contributed by atoms with Gasteiger partial charge in [-0.3, -0.25) is 27.2 Å². The van der Waals surface area contributed by atoms with Crippen LogP contribution in [0, 0.1) is 0 Å². The average molecular weight is 678 g/mol. The molecule has 0 aliphatic carbocycles. The lowest BCUT2D eigenvalue weighted by Crippen LogP contribution is -2.37. The van der Waals surface area contributed by atoms with E-state index in [1.165, 1.54) is 21.8 Å². The van der Waals surface area contributed by atoms with E-state index < -0.39 is 77.0 Å². The number of phosphoric ester groups is 1. The van der Waals surface area contributed by atoms with Crippen molar-refractivity contribution >= 4 is 60.8 Å². The van der Waals surface area contributed by atoms with Gasteiger partial charge in [0.15, 0.2) is 47.7 Å². The molecule has 3 aliphatic rings. The lowest BCUT2D eigenvalue weighted by molar-refractivity contribution is -0.0605. The molecule has 0 radical (unpaired) electrons. The van der Waals surface area contributed by atoms with Gasteiger partial charge in [-0.05, 0) is 0 Å². The smallest absolute Gasteiger partial charge is 0.382 e. The fraction of sp³-hybridized carbons (Fsp3) is 0.500. The van der Waals surface area contributed by atoms with Crippen LogP contribution in [0.2, 0.25) is 0 Å². The second-order valence-electron chi connectivity index (χ2n) is 9.85. The molecule has 0 bridgehead atoms. The summed E-state index contributed by atoms with van der Waals surface area (Å²) in [6, 6.07) is 0. The number of thiol groups is 1. The number of imidazole rings is 2. The molecule has 3 fully saturated rings. The minimum absolute atomic E-state index is 0.0226. The predicted molar refractivity (Wildman–Crippen MR) is 145 cm³/mol. The Morgan fingerprint density at radius 3 is 1.80 bits per heavy atom. The molecule has 3 aliphatic heterocycles. The number of aromatic nitrogens is 8. The second kappa shape index (κ2) is 10.9. The third kappa shape index (κ3) is 5.14. The molecule has 19 nitrogen and oxygen atoms in total. The van der Waals surface area contributed by atoms with Gasteiger partial charge in [0.1, 0.15) is 48.1 Å². The maximum atomic E-state index is 15.9. The van der Waals surface area contributed by atoms with Crippen molar-refractivity contribution in [3.63, 3.8) is 0 Å². The highest BCUT2D eigenvalue weighted by Gasteiger charge is 2.54. The van der Waals surface area contributed by atoms with E-state index in [1.807, 2.05) is 0 Å². The van der Waals surface area contributed by atoms with Crippen LogP contribution in [0.25, 0.3) is 22.3 Å². The minimum Gasteiger partial charge on any atom is -0.382 e. The van der Waals surface area contributed by atoms with Gasteiger partial charge in [0.2, 0.25) is 0 Å². The summed E-state index contributed by atoms with van der Waals surface area (Å²) < 4.78 is 93.0. The van der Waals surface area contributed by atoms with E-state index in [0.717, 1.165) is 12.7 Å². The number of hydrogen-bond donors (Lipinski definition) is 4. The molecule has 0 saturated carbocycles. The monoisotopic (exact) mass is 678 g/mol. The highest BCUT2D eigenvalue weighted by Crippen LogP contribution is 2.58. The number of ether oxygens (including phenoxy) is 2. The largest absolute Gasteiger partial charge is 0.472 e. The summed E-state index contributed by atoms with van der Waals surface area (Å²) in [7, 11) is -5.08. The van der Waals surface area contributed by atoms with Gasteiger partial charge >= 0.3 is 14.6 Å². The average Bonchev–Trinajstić information content (AvgIpc) is 3.73. The third-order valence-electron chi connectivity index (χ3n) is 7.17. The number of hydrogen-bond acceptors (Lipinski definition) is 16. The Bertz CT molecular complexity index is 1710. The molecule has 4 aromatic heterocycles. The summed E-state index contributed by atoms with van der Waals surface area (Å²) in [5.41, 5.74) is 12.1. The van der Waals surface area contributed by atoms with Crippen molar-refractivity contribution in [1.82, 2.24) is 39.0 Å². The Morgan fingerprint density at radius 1 is 0.795 bits per heavy atom. The van der Waals surface area contributed by atoms with E-state index in [9.17, 15) is 14.0 Å². The Balaban J connectivity index is 1.17. The first-order chi connectivity index (χ1) is 20.9. The van der Waals surface area contributed by atoms with Crippen LogP contribution in [0.3, 0.4) is 0 Å². The number of alkyl halides is 2. The Morgan fingerprint density at radius 2 is 1.27 bits per heavy atom. The Kier molecular flexibility index (Phi) is 7.35. The van der Waals surface area contributed by atoms with Gasteiger partial charge < -0.3 is 25.8 Å². The quantitative estimate of drug-likeness (QED) is 0.172. The zero-order chi connectivity index (χ0) is 31.0. The van der Waals surface area contributed by atoms with E-state index in [0.29, 0.717) is 0 Å². The molecule has 7 heterocycles. The molecule has 24 heteroatoms. The summed E-state index contributed by atoms with van der Waals surface area (Å²) in [5.74, 6) is 0.0501. The third-order valence-corrected chi connectivity index (χ3v) is 9.77. The van der Waals surface area contributed by atoms with Crippen molar-refractivity contribution < 1.29 is 50.4 Å². The van der Waals surface area contributed by atoms with Gasteiger partial charge in [-0.2, -0.15) is 0 Å². The van der Waals surface area contributed by atoms with Gasteiger partial charge in [-0.25, -0.2) is 47.8 Å². The zero-order valence-electron chi connectivity index (χ0n) is 21.9. The van der Waals surface area contributed by atoms with Crippen molar-refractivity contribution in [2.75, 3.05) is 24.7 Å². The van der Waals surface area contributed by atoms with Crippen LogP contribution in [0.1, 0.15) is 12.5 Å². The summed E-state index contributed by atoms with van der Waals surface area (Å²) in [5, 5.41) is 0. The maximum absolute atomic E-state index is 15.9. The zero-order valence-corrected chi connectivity index (χ0v) is 24.6. The molecule has 0 amide bonds. The first kappa shape index (κ1) is 29.8. The molecule has 1 unspecified atom stereocenters. The van der Waals surface area contributed by atoms with Gasteiger partial charge in [0.25, 0.3) is 0 Å². The van der Waals surface area contributed by atoms with E-state index in [2.05, 4.69) is 42.2 Å². The van der Waals surface area contributed by atoms with E-state index in [-0.39, 0.29) is 34.0 Å². The highest BCUT2D eigenvalue weighted by molar-refractivity contribution is 8.44. The van der Waals surface area contributed by atoms with Gasteiger partial charge in [-0.1, -0.05) is 12.2 Å². The van der Waals surface area contributed by atoms with Crippen molar-refractivity contribution in [3.05, 3.63) is 25.3 Å². The molecule has 44 heavy (non-hydrogen) atoms. The standard InChI is InChI=1S/C20H22F2N10O9P2S/c21-9-13-8(39-19(9)31-5-29-11-15(23)25-3-27-17(11)31)2-37-43(35,44)41-14-7(1-36-42(33,34)40-13)38-20(10(14)22)32-6-30-12-16(24)26-4-28-18(12)32/h3-10,13-14,19-20H,1-2H2,(H,33,34)(H,35,44)(H2,23,25,27)(H2,24,26,28)/t7-,8-,9-,10-,13-,14-,19-,20-,43-/m1/s1. The number of nitrogens with two attached hydrogens (primary N) is 2. The highest BCUT2D eigenvalue weighted by atomic mass is 32.7. The molecule has 5 N–H and O–H groups in total. The first-order valence-corrected chi connectivity index (χ1v) is 16.9. The van der Waals surface area contributed by atoms with Crippen LogP contribution in [0.5, 0.6) is 0 Å². The van der Waals surface area contributed by atoms with Crippen LogP contribution in [0.15, 0.2) is 25.3 Å². The van der Waals surface area contributed by atoms with Crippen LogP contribution in [0.4, 0.5) is 20.4 Å². The number of phosphoric acid groups is 1. The van der Waals surface area contributed by atoms with Crippen LogP contribution >= 0.6 is 26.9 Å². The molecule has 10 atom stereocenters. The minimum atomic E-state index is -5.08. The second-order valence-corrected chi connectivity index (χ2v) is 14.1. The van der Waals surface area contributed by atoms with Gasteiger partial charge in [0.05, 0.1) is 25.9 Å². The summed E-state index contributed by atoms with van der Waals surface area (Å²) in [6.07, 6.45) is -9.02. The number of nitrogen functional groups attached to an aromatic ring is 2. The SMILES string of the molecule is Nc1ncnc2c1ncn2[C@@H]1O[C@@H]2CO[P@@](=O)(S)O[C@H]3[C@@H](F)[C@H](n4cnc5c(N)ncnc54)O[C@@H]3COP(=O)(O)O[C@H]2[C@H]1F. The molecule has 4 aromatic rings. The van der Waals surface area contributed by atoms with Gasteiger partial charge in [-0.15, -0.1) is 0 Å². The van der Waals surface area contributed by atoms with Crippen LogP contribution in [-0.4, -0.2) is 93.9 Å². The van der Waals surface area contributed by atoms with Crippen molar-refractivity contribution in [2.24, 2.45) is 0 Å². The fourth-order valence-corrected chi connectivity index (χ4v) is 7.61. The maximum Gasteiger partial charge on any atom is 0.472 e. The van der Waals surface area contributed by atoms with E-state index >= 15 is 8.78 Å². The molecule has 0 spiro atoms. The molecule has 7 rings (SSSR count). The molecule has 3 saturated heterocycles. The molecular weight excluding hydrogens is 656 g/mol. The topological polar surface area (TPSA) is 249 Å². The number of anilines is 2. The summed E-state index contributed by atoms with van der Waals surface area (Å²) in [6.45, 7) is -5.98. The number of fused-ring (bicyclic) bond motifs is 4. The van der Waals surface area contributed by atoms with Crippen LogP contribution < -0.4 is 11.5 Å². The molecular formula is C20H22F2N10O9P2S. The fourth-order valence-electron chi connectivity index (χ4n) is 5.17. The number of halogens is 2. The van der Waals surface area contributed by atoms with E-state index in [4.69, 9.17) is 39.0 Å². The molecule has 0 aromatic carbocycles. The Labute approximate surface area is 249 Å². The predicted octanol–water partition coefficient (Wildman–Crippen LogP) is 1.26. The van der Waals surface area contributed by atoms with Crippen molar-refractivity contribution in [3.8, 4) is 0 Å².